The first-order chi connectivity index (χ1) is 14.3. The Labute approximate surface area is 173 Å². The van der Waals surface area contributed by atoms with Gasteiger partial charge in [0.05, 0.1) is 18.5 Å². The highest BCUT2D eigenvalue weighted by Crippen LogP contribution is 2.20. The Balaban J connectivity index is 0.000000732. The lowest BCUT2D eigenvalue weighted by atomic mass is 10.0. The van der Waals surface area contributed by atoms with Crippen molar-refractivity contribution in [2.45, 2.75) is 32.1 Å². The van der Waals surface area contributed by atoms with E-state index < -0.39 is 0 Å². The van der Waals surface area contributed by atoms with Gasteiger partial charge in [-0.05, 0) is 24.1 Å². The van der Waals surface area contributed by atoms with Crippen LogP contribution in [0.2, 0.25) is 0 Å². The largest absolute Gasteiger partial charge is 0.469 e. The van der Waals surface area contributed by atoms with E-state index in [0.717, 1.165) is 28.1 Å². The van der Waals surface area contributed by atoms with Crippen molar-refractivity contribution in [3.63, 3.8) is 0 Å². The Bertz CT molecular complexity index is 887. The van der Waals surface area contributed by atoms with Crippen LogP contribution < -0.4 is 0 Å². The van der Waals surface area contributed by atoms with Crippen LogP contribution in [0.5, 0.6) is 0 Å². The fourth-order valence-electron chi connectivity index (χ4n) is 2.75. The van der Waals surface area contributed by atoms with E-state index >= 15 is 0 Å². The molecule has 1 fully saturated rings. The normalized spacial score (nSPS) is 11.6. The van der Waals surface area contributed by atoms with Gasteiger partial charge in [0, 0.05) is 17.5 Å². The van der Waals surface area contributed by atoms with Crippen LogP contribution in [0.4, 0.5) is 5.69 Å². The van der Waals surface area contributed by atoms with E-state index in [1.807, 2.05) is 60.7 Å². The topological polar surface area (TPSA) is 38.7 Å². The lowest BCUT2D eigenvalue weighted by Crippen LogP contribution is -2.03. The molecule has 29 heavy (non-hydrogen) atoms. The van der Waals surface area contributed by atoms with Crippen molar-refractivity contribution in [2.24, 2.45) is 4.99 Å². The van der Waals surface area contributed by atoms with Gasteiger partial charge < -0.3 is 4.74 Å². The zero-order chi connectivity index (χ0) is 20.3. The van der Waals surface area contributed by atoms with E-state index in [1.54, 1.807) is 0 Å². The Morgan fingerprint density at radius 1 is 0.828 bits per heavy atom. The predicted octanol–water partition coefficient (Wildman–Crippen LogP) is 6.13. The molecule has 1 saturated carbocycles. The first-order valence-corrected chi connectivity index (χ1v) is 10.1. The lowest BCUT2D eigenvalue weighted by molar-refractivity contribution is -0.140. The molecule has 0 heterocycles. The van der Waals surface area contributed by atoms with Crippen molar-refractivity contribution in [3.8, 4) is 0 Å². The third-order valence-electron chi connectivity index (χ3n) is 4.44. The SMILES string of the molecule is C1CC1.COC(=O)CCc1cccc(N=C(c2ccccc2)c2ccccc2)c1. The standard InChI is InChI=1S/C23H21NO2.C3H6/c1-26-22(25)16-15-18-9-8-14-21(17-18)24-23(19-10-4-2-5-11-19)20-12-6-3-7-13-20;1-2-3-1/h2-14,17H,15-16H2,1H3;1-3H2. The zero-order valence-corrected chi connectivity index (χ0v) is 16.9. The van der Waals surface area contributed by atoms with Crippen LogP contribution in [0, 0.1) is 0 Å². The van der Waals surface area contributed by atoms with Gasteiger partial charge in [-0.25, -0.2) is 4.99 Å². The fourth-order valence-corrected chi connectivity index (χ4v) is 2.75. The van der Waals surface area contributed by atoms with Crippen molar-refractivity contribution in [1.82, 2.24) is 0 Å². The van der Waals surface area contributed by atoms with Gasteiger partial charge in [-0.15, -0.1) is 0 Å². The van der Waals surface area contributed by atoms with Gasteiger partial charge >= 0.3 is 5.97 Å². The maximum absolute atomic E-state index is 11.4. The number of esters is 1. The molecule has 1 aliphatic rings. The Hall–Kier alpha value is -3.20. The summed E-state index contributed by atoms with van der Waals surface area (Å²) in [5.74, 6) is -0.201. The third kappa shape index (κ3) is 7.04. The summed E-state index contributed by atoms with van der Waals surface area (Å²) < 4.78 is 4.72. The minimum atomic E-state index is -0.201. The predicted molar refractivity (Wildman–Crippen MR) is 119 cm³/mol. The third-order valence-corrected chi connectivity index (χ3v) is 4.44. The maximum Gasteiger partial charge on any atom is 0.305 e. The summed E-state index contributed by atoms with van der Waals surface area (Å²) in [5.41, 5.74) is 5.00. The molecule has 0 spiro atoms. The molecule has 0 bridgehead atoms. The second-order valence-electron chi connectivity index (χ2n) is 7.00. The molecule has 0 aromatic heterocycles. The van der Waals surface area contributed by atoms with E-state index in [0.29, 0.717) is 12.8 Å². The molecule has 0 atom stereocenters. The number of benzene rings is 3. The van der Waals surface area contributed by atoms with E-state index in [2.05, 4.69) is 24.3 Å². The molecule has 3 aromatic rings. The number of rotatable bonds is 6. The molecule has 0 saturated heterocycles. The molecule has 0 unspecified atom stereocenters. The van der Waals surface area contributed by atoms with Crippen LogP contribution in [0.3, 0.4) is 0 Å². The average Bonchev–Trinajstić information content (AvgIpc) is 3.67. The summed E-state index contributed by atoms with van der Waals surface area (Å²) in [6, 6.07) is 28.3. The molecule has 0 aliphatic heterocycles. The van der Waals surface area contributed by atoms with Crippen LogP contribution in [0.15, 0.2) is 89.9 Å². The van der Waals surface area contributed by atoms with Gasteiger partial charge in [0.15, 0.2) is 0 Å². The van der Waals surface area contributed by atoms with Crippen molar-refractivity contribution >= 4 is 17.4 Å². The van der Waals surface area contributed by atoms with E-state index in [4.69, 9.17) is 9.73 Å². The van der Waals surface area contributed by atoms with E-state index in [1.165, 1.54) is 26.4 Å². The van der Waals surface area contributed by atoms with E-state index in [9.17, 15) is 4.79 Å². The van der Waals surface area contributed by atoms with Gasteiger partial charge in [-0.3, -0.25) is 4.79 Å². The number of carbonyl (C=O) groups is 1. The average molecular weight is 386 g/mol. The molecule has 0 radical (unpaired) electrons. The van der Waals surface area contributed by atoms with Crippen LogP contribution in [-0.4, -0.2) is 18.8 Å². The highest BCUT2D eigenvalue weighted by atomic mass is 16.5. The molecule has 148 valence electrons. The maximum atomic E-state index is 11.4. The zero-order valence-electron chi connectivity index (χ0n) is 16.9. The minimum absolute atomic E-state index is 0.201. The van der Waals surface area contributed by atoms with Crippen molar-refractivity contribution in [3.05, 3.63) is 102 Å². The number of hydrogen-bond acceptors (Lipinski definition) is 3. The fraction of sp³-hybridized carbons (Fsp3) is 0.231. The van der Waals surface area contributed by atoms with Crippen molar-refractivity contribution < 1.29 is 9.53 Å². The second kappa shape index (κ2) is 11.0. The summed E-state index contributed by atoms with van der Waals surface area (Å²) in [6.07, 6.45) is 5.51. The molecule has 0 amide bonds. The molecule has 4 rings (SSSR count). The Morgan fingerprint density at radius 2 is 1.41 bits per heavy atom. The van der Waals surface area contributed by atoms with Crippen LogP contribution >= 0.6 is 0 Å². The number of hydrogen-bond donors (Lipinski definition) is 0. The highest BCUT2D eigenvalue weighted by Gasteiger charge is 2.07. The first kappa shape index (κ1) is 20.5. The lowest BCUT2D eigenvalue weighted by Gasteiger charge is -2.08. The van der Waals surface area contributed by atoms with Gasteiger partial charge in [0.25, 0.3) is 0 Å². The first-order valence-electron chi connectivity index (χ1n) is 10.1. The number of carbonyl (C=O) groups excluding carboxylic acids is 1. The number of ether oxygens (including phenoxy) is 1. The molecule has 3 nitrogen and oxygen atoms in total. The molecular weight excluding hydrogens is 358 g/mol. The highest BCUT2D eigenvalue weighted by molar-refractivity contribution is 6.13. The van der Waals surface area contributed by atoms with Crippen LogP contribution in [0.1, 0.15) is 42.4 Å². The van der Waals surface area contributed by atoms with Gasteiger partial charge in [0.1, 0.15) is 0 Å². The summed E-state index contributed by atoms with van der Waals surface area (Å²) in [4.78, 5) is 16.3. The monoisotopic (exact) mass is 385 g/mol. The van der Waals surface area contributed by atoms with Gasteiger partial charge in [-0.2, -0.15) is 0 Å². The summed E-state index contributed by atoms with van der Waals surface area (Å²) in [7, 11) is 1.41. The van der Waals surface area contributed by atoms with Gasteiger partial charge in [-0.1, -0.05) is 92.1 Å². The van der Waals surface area contributed by atoms with Crippen molar-refractivity contribution in [2.75, 3.05) is 7.11 Å². The number of aliphatic imine (C=N–C) groups is 1. The minimum Gasteiger partial charge on any atom is -0.469 e. The number of nitrogens with zero attached hydrogens (tertiary/aromatic N) is 1. The number of methoxy groups -OCH3 is 1. The summed E-state index contributed by atoms with van der Waals surface area (Å²) in [5, 5.41) is 0. The van der Waals surface area contributed by atoms with E-state index in [-0.39, 0.29) is 5.97 Å². The Kier molecular flexibility index (Phi) is 7.76. The smallest absolute Gasteiger partial charge is 0.305 e. The molecule has 1 aliphatic carbocycles. The molecule has 3 aromatic carbocycles. The number of aryl methyl sites for hydroxylation is 1. The van der Waals surface area contributed by atoms with Gasteiger partial charge in [0.2, 0.25) is 0 Å². The second-order valence-corrected chi connectivity index (χ2v) is 7.00. The molecular formula is C26H27NO2. The van der Waals surface area contributed by atoms with Crippen LogP contribution in [0.25, 0.3) is 0 Å². The summed E-state index contributed by atoms with van der Waals surface area (Å²) in [6.45, 7) is 0. The molecule has 3 heteroatoms. The quantitative estimate of drug-likeness (QED) is 0.378. The van der Waals surface area contributed by atoms with Crippen molar-refractivity contribution in [1.29, 1.82) is 0 Å². The summed E-state index contributed by atoms with van der Waals surface area (Å²) >= 11 is 0. The van der Waals surface area contributed by atoms with Crippen LogP contribution in [-0.2, 0) is 16.0 Å². The molecule has 0 N–H and O–H groups in total. The Morgan fingerprint density at radius 3 is 1.93 bits per heavy atom.